The van der Waals surface area contributed by atoms with Crippen LogP contribution >= 0.6 is 11.6 Å². The van der Waals surface area contributed by atoms with Crippen LogP contribution in [0, 0.1) is 27.2 Å². The van der Waals surface area contributed by atoms with Crippen LogP contribution in [0.3, 0.4) is 0 Å². The van der Waals surface area contributed by atoms with E-state index in [-0.39, 0.29) is 11.6 Å². The van der Waals surface area contributed by atoms with Crippen molar-refractivity contribution in [1.82, 2.24) is 24.5 Å². The first kappa shape index (κ1) is 19.9. The summed E-state index contributed by atoms with van der Waals surface area (Å²) in [5.74, 6) is -1.59. The summed E-state index contributed by atoms with van der Waals surface area (Å²) in [5, 5.41) is 32.6. The van der Waals surface area contributed by atoms with Crippen molar-refractivity contribution in [3.8, 4) is 0 Å². The van der Waals surface area contributed by atoms with E-state index in [2.05, 4.69) is 20.5 Å². The third kappa shape index (κ3) is 4.35. The van der Waals surface area contributed by atoms with E-state index in [1.807, 2.05) is 12.1 Å². The third-order valence-corrected chi connectivity index (χ3v) is 4.25. The summed E-state index contributed by atoms with van der Waals surface area (Å²) in [6, 6.07) is 7.18. The highest BCUT2D eigenvalue weighted by Crippen LogP contribution is 2.29. The number of hydrogen-bond donors (Lipinski definition) is 1. The van der Waals surface area contributed by atoms with Crippen molar-refractivity contribution in [1.29, 1.82) is 0 Å². The van der Waals surface area contributed by atoms with Crippen LogP contribution in [0.1, 0.15) is 11.3 Å². The molecule has 0 saturated carbocycles. The molecule has 2 aromatic heterocycles. The van der Waals surface area contributed by atoms with Crippen LogP contribution in [-0.2, 0) is 17.9 Å². The zero-order valence-corrected chi connectivity index (χ0v) is 15.6. The fourth-order valence-electron chi connectivity index (χ4n) is 2.54. The molecule has 13 nitrogen and oxygen atoms in total. The van der Waals surface area contributed by atoms with Crippen LogP contribution in [0.2, 0.25) is 5.02 Å². The first-order valence-corrected chi connectivity index (χ1v) is 8.43. The minimum atomic E-state index is -0.975. The zero-order chi connectivity index (χ0) is 21.1. The second-order valence-corrected chi connectivity index (χ2v) is 6.24. The molecule has 14 heteroatoms. The summed E-state index contributed by atoms with van der Waals surface area (Å²) < 4.78 is 2.35. The molecule has 1 amide bonds. The van der Waals surface area contributed by atoms with Gasteiger partial charge in [-0.25, -0.2) is 9.67 Å². The number of rotatable bonds is 7. The van der Waals surface area contributed by atoms with Crippen LogP contribution in [0.15, 0.2) is 30.6 Å². The normalized spacial score (nSPS) is 10.7. The van der Waals surface area contributed by atoms with Gasteiger partial charge in [-0.1, -0.05) is 29.8 Å². The number of carbonyl (C=O) groups excluding carboxylic acids is 1. The van der Waals surface area contributed by atoms with Gasteiger partial charge in [-0.15, -0.1) is 5.10 Å². The van der Waals surface area contributed by atoms with Gasteiger partial charge < -0.3 is 10.1 Å². The highest BCUT2D eigenvalue weighted by atomic mass is 35.5. The van der Waals surface area contributed by atoms with Crippen molar-refractivity contribution in [3.63, 3.8) is 0 Å². The highest BCUT2D eigenvalue weighted by molar-refractivity contribution is 6.31. The summed E-state index contributed by atoms with van der Waals surface area (Å²) in [6.45, 7) is 1.11. The van der Waals surface area contributed by atoms with E-state index in [4.69, 9.17) is 11.6 Å². The molecule has 3 rings (SSSR count). The van der Waals surface area contributed by atoms with Gasteiger partial charge in [0.25, 0.3) is 5.91 Å². The average Bonchev–Trinajstić information content (AvgIpc) is 3.21. The molecule has 150 valence electrons. The lowest BCUT2D eigenvalue weighted by Crippen LogP contribution is -2.21. The van der Waals surface area contributed by atoms with Crippen LogP contribution in [0.4, 0.5) is 17.5 Å². The number of amides is 1. The first-order chi connectivity index (χ1) is 13.8. The number of nitrogens with one attached hydrogen (secondary N) is 1. The number of carbonyl (C=O) groups is 1. The first-order valence-electron chi connectivity index (χ1n) is 8.05. The van der Waals surface area contributed by atoms with E-state index in [0.717, 1.165) is 10.2 Å². The Morgan fingerprint density at radius 1 is 1.21 bits per heavy atom. The smallest absolute Gasteiger partial charge is 0.358 e. The topological polar surface area (TPSA) is 164 Å². The number of anilines is 1. The van der Waals surface area contributed by atoms with Crippen molar-refractivity contribution in [3.05, 3.63) is 67.1 Å². The molecule has 2 heterocycles. The molecular weight excluding hydrogens is 408 g/mol. The molecule has 0 aliphatic carbocycles. The maximum Gasteiger partial charge on any atom is 0.468 e. The van der Waals surface area contributed by atoms with E-state index in [1.165, 1.54) is 17.9 Å². The summed E-state index contributed by atoms with van der Waals surface area (Å²) in [6.07, 6.45) is 1.40. The van der Waals surface area contributed by atoms with Crippen molar-refractivity contribution in [2.75, 3.05) is 5.32 Å². The lowest BCUT2D eigenvalue weighted by Gasteiger charge is -2.03. The van der Waals surface area contributed by atoms with Gasteiger partial charge >= 0.3 is 11.5 Å². The van der Waals surface area contributed by atoms with E-state index >= 15 is 0 Å². The molecule has 0 spiro atoms. The maximum absolute atomic E-state index is 12.2. The molecule has 0 radical (unpaired) electrons. The van der Waals surface area contributed by atoms with Gasteiger partial charge in [0.15, 0.2) is 0 Å². The summed E-state index contributed by atoms with van der Waals surface area (Å²) in [7, 11) is 0. The number of nitrogens with zero attached hydrogens (tertiary/aromatic N) is 7. The standard InChI is InChI=1S/C15H13ClN8O5/c1-9-13(23(26)27)14(24(28)29)19-22(9)7-12(25)18-15-17-8-21(20-15)6-10-4-2-3-5-11(10)16/h2-5,8H,6-7H2,1H3,(H,18,20,25). The second kappa shape index (κ2) is 8.02. The fourth-order valence-corrected chi connectivity index (χ4v) is 2.74. The van der Waals surface area contributed by atoms with Gasteiger partial charge in [-0.2, -0.15) is 4.68 Å². The Morgan fingerprint density at radius 3 is 2.55 bits per heavy atom. The molecule has 0 atom stereocenters. The quantitative estimate of drug-likeness (QED) is 0.447. The Hall–Kier alpha value is -3.87. The average molecular weight is 421 g/mol. The third-order valence-electron chi connectivity index (χ3n) is 3.88. The monoisotopic (exact) mass is 420 g/mol. The van der Waals surface area contributed by atoms with Crippen molar-refractivity contribution >= 4 is 35.0 Å². The maximum atomic E-state index is 12.2. The zero-order valence-electron chi connectivity index (χ0n) is 14.9. The van der Waals surface area contributed by atoms with Crippen LogP contribution in [0.5, 0.6) is 0 Å². The van der Waals surface area contributed by atoms with Crippen LogP contribution < -0.4 is 5.32 Å². The molecule has 1 aromatic carbocycles. The summed E-state index contributed by atoms with van der Waals surface area (Å²) in [4.78, 5) is 36.2. The number of aromatic nitrogens is 5. The number of halogens is 1. The molecule has 0 bridgehead atoms. The van der Waals surface area contributed by atoms with Gasteiger partial charge in [-0.05, 0) is 23.5 Å². The van der Waals surface area contributed by atoms with Crippen molar-refractivity contribution in [2.45, 2.75) is 20.0 Å². The molecule has 0 aliphatic heterocycles. The Morgan fingerprint density at radius 2 is 1.93 bits per heavy atom. The predicted octanol–water partition coefficient (Wildman–Crippen LogP) is 1.94. The molecule has 0 unspecified atom stereocenters. The van der Waals surface area contributed by atoms with Gasteiger partial charge in [0, 0.05) is 5.02 Å². The van der Waals surface area contributed by atoms with Crippen LogP contribution in [-0.4, -0.2) is 40.3 Å². The van der Waals surface area contributed by atoms with Crippen molar-refractivity contribution in [2.24, 2.45) is 0 Å². The molecule has 0 saturated heterocycles. The number of hydrogen-bond acceptors (Lipinski definition) is 8. The van der Waals surface area contributed by atoms with Crippen LogP contribution in [0.25, 0.3) is 0 Å². The van der Waals surface area contributed by atoms with E-state index in [9.17, 15) is 25.0 Å². The Bertz CT molecular complexity index is 1110. The van der Waals surface area contributed by atoms with Crippen molar-refractivity contribution < 1.29 is 14.6 Å². The molecule has 0 aliphatic rings. The highest BCUT2D eigenvalue weighted by Gasteiger charge is 2.35. The number of nitro groups is 2. The predicted molar refractivity (Wildman–Crippen MR) is 99.5 cm³/mol. The molecule has 1 N–H and O–H groups in total. The van der Waals surface area contributed by atoms with E-state index < -0.39 is 33.8 Å². The molecule has 29 heavy (non-hydrogen) atoms. The SMILES string of the molecule is Cc1c([N+](=O)[O-])c([N+](=O)[O-])nn1CC(=O)Nc1ncn(Cc2ccccc2Cl)n1. The molecular formula is C15H13ClN8O5. The van der Waals surface area contributed by atoms with Gasteiger partial charge in [0.2, 0.25) is 5.95 Å². The summed E-state index contributed by atoms with van der Waals surface area (Å²) in [5.41, 5.74) is -0.0669. The molecule has 3 aromatic rings. The Kier molecular flexibility index (Phi) is 5.50. The van der Waals surface area contributed by atoms with Gasteiger partial charge in [-0.3, -0.25) is 20.2 Å². The second-order valence-electron chi connectivity index (χ2n) is 5.83. The van der Waals surface area contributed by atoms with Gasteiger partial charge in [0.05, 0.1) is 16.6 Å². The number of benzene rings is 1. The lowest BCUT2D eigenvalue weighted by atomic mass is 10.2. The molecule has 0 fully saturated rings. The van der Waals surface area contributed by atoms with E-state index in [0.29, 0.717) is 11.6 Å². The van der Waals surface area contributed by atoms with E-state index in [1.54, 1.807) is 12.1 Å². The minimum absolute atomic E-state index is 0.00383. The Balaban J connectivity index is 1.70. The lowest BCUT2D eigenvalue weighted by molar-refractivity contribution is -0.424. The summed E-state index contributed by atoms with van der Waals surface area (Å²) >= 11 is 6.09. The van der Waals surface area contributed by atoms with Gasteiger partial charge in [0.1, 0.15) is 18.6 Å². The fraction of sp³-hybridized carbons (Fsp3) is 0.200. The Labute approximate surface area is 167 Å². The largest absolute Gasteiger partial charge is 0.468 e. The minimum Gasteiger partial charge on any atom is -0.358 e.